The number of nitrogens with two attached hydrogens (primary N) is 1. The highest BCUT2D eigenvalue weighted by molar-refractivity contribution is 5.55. The molecule has 33 heavy (non-hydrogen) atoms. The highest BCUT2D eigenvalue weighted by Gasteiger charge is 2.35. The number of hydrogen-bond acceptors (Lipinski definition) is 8. The van der Waals surface area contributed by atoms with E-state index in [0.29, 0.717) is 17.1 Å². The van der Waals surface area contributed by atoms with Gasteiger partial charge in [0.25, 0.3) is 0 Å². The first-order valence-electron chi connectivity index (χ1n) is 9.85. The van der Waals surface area contributed by atoms with Gasteiger partial charge in [-0.25, -0.2) is 4.39 Å². The first-order valence-corrected chi connectivity index (χ1v) is 9.85. The first-order chi connectivity index (χ1) is 15.9. The van der Waals surface area contributed by atoms with Crippen molar-refractivity contribution in [3.63, 3.8) is 0 Å². The SMILES string of the molecule is COc1cc(C2C(C#N)=C(N)Oc3c2oc(CO)cc3=O)ccc1OCc1ccc(F)cc1. The summed E-state index contributed by atoms with van der Waals surface area (Å²) in [6.45, 7) is -0.322. The molecule has 3 N–H and O–H groups in total. The Morgan fingerprint density at radius 3 is 2.61 bits per heavy atom. The lowest BCUT2D eigenvalue weighted by Crippen LogP contribution is -2.25. The van der Waals surface area contributed by atoms with E-state index in [2.05, 4.69) is 0 Å². The Balaban J connectivity index is 1.73. The maximum Gasteiger partial charge on any atom is 0.228 e. The number of fused-ring (bicyclic) bond motifs is 1. The lowest BCUT2D eigenvalue weighted by atomic mass is 9.87. The van der Waals surface area contributed by atoms with Crippen LogP contribution in [0.3, 0.4) is 0 Å². The van der Waals surface area contributed by atoms with E-state index in [1.807, 2.05) is 6.07 Å². The summed E-state index contributed by atoms with van der Waals surface area (Å²) in [4.78, 5) is 12.5. The third-order valence-corrected chi connectivity index (χ3v) is 5.11. The molecule has 2 aromatic carbocycles. The number of methoxy groups -OCH3 is 1. The van der Waals surface area contributed by atoms with Crippen LogP contribution in [0.25, 0.3) is 0 Å². The molecule has 0 spiro atoms. The summed E-state index contributed by atoms with van der Waals surface area (Å²) in [6, 6.07) is 14.0. The molecule has 1 atom stereocenters. The Bertz CT molecular complexity index is 1320. The largest absolute Gasteiger partial charge is 0.493 e. The summed E-state index contributed by atoms with van der Waals surface area (Å²) < 4.78 is 35.4. The highest BCUT2D eigenvalue weighted by Crippen LogP contribution is 2.43. The third kappa shape index (κ3) is 4.24. The van der Waals surface area contributed by atoms with Crippen LogP contribution in [0.5, 0.6) is 17.2 Å². The molecular formula is C24H19FN2O6. The quantitative estimate of drug-likeness (QED) is 0.586. The molecule has 1 aromatic heterocycles. The van der Waals surface area contributed by atoms with E-state index in [1.54, 1.807) is 30.3 Å². The van der Waals surface area contributed by atoms with Gasteiger partial charge in [-0.05, 0) is 35.4 Å². The van der Waals surface area contributed by atoms with Gasteiger partial charge in [0, 0.05) is 6.07 Å². The molecule has 0 aliphatic carbocycles. The van der Waals surface area contributed by atoms with Gasteiger partial charge in [0.2, 0.25) is 17.1 Å². The van der Waals surface area contributed by atoms with Crippen LogP contribution in [-0.2, 0) is 13.2 Å². The third-order valence-electron chi connectivity index (χ3n) is 5.11. The fourth-order valence-electron chi connectivity index (χ4n) is 3.52. The fraction of sp³-hybridized carbons (Fsp3) is 0.167. The molecule has 0 saturated carbocycles. The summed E-state index contributed by atoms with van der Waals surface area (Å²) in [7, 11) is 1.46. The molecule has 9 heteroatoms. The van der Waals surface area contributed by atoms with E-state index in [9.17, 15) is 19.6 Å². The van der Waals surface area contributed by atoms with Crippen LogP contribution in [0.4, 0.5) is 4.39 Å². The smallest absolute Gasteiger partial charge is 0.228 e. The number of ether oxygens (including phenoxy) is 3. The fourth-order valence-corrected chi connectivity index (χ4v) is 3.52. The second kappa shape index (κ2) is 9.06. The second-order valence-corrected chi connectivity index (χ2v) is 7.18. The summed E-state index contributed by atoms with van der Waals surface area (Å²) in [5.41, 5.74) is 6.73. The van der Waals surface area contributed by atoms with Crippen molar-refractivity contribution in [1.82, 2.24) is 0 Å². The standard InChI is InChI=1S/C24H19FN2O6/c1-30-20-8-14(4-7-19(20)31-12-13-2-5-15(25)6-3-13)21-17(10-26)24(27)33-22-18(29)9-16(11-28)32-23(21)22/h2-9,21,28H,11-12,27H2,1H3. The Hall–Kier alpha value is -4.29. The molecule has 0 radical (unpaired) electrons. The van der Waals surface area contributed by atoms with Gasteiger partial charge in [-0.15, -0.1) is 0 Å². The minimum Gasteiger partial charge on any atom is -0.493 e. The molecule has 8 nitrogen and oxygen atoms in total. The van der Waals surface area contributed by atoms with Crippen molar-refractivity contribution in [2.45, 2.75) is 19.1 Å². The number of nitriles is 1. The number of benzene rings is 2. The number of halogens is 1. The van der Waals surface area contributed by atoms with Gasteiger partial charge in [-0.2, -0.15) is 5.26 Å². The molecule has 1 aliphatic heterocycles. The molecule has 3 aromatic rings. The molecular weight excluding hydrogens is 431 g/mol. The van der Waals surface area contributed by atoms with Crippen LogP contribution >= 0.6 is 0 Å². The number of rotatable bonds is 6. The average Bonchev–Trinajstić information content (AvgIpc) is 2.83. The van der Waals surface area contributed by atoms with E-state index in [1.165, 1.54) is 19.2 Å². The van der Waals surface area contributed by atoms with E-state index in [4.69, 9.17) is 24.4 Å². The zero-order valence-electron chi connectivity index (χ0n) is 17.5. The van der Waals surface area contributed by atoms with Crippen molar-refractivity contribution in [3.8, 4) is 23.3 Å². The number of aliphatic hydroxyl groups is 1. The van der Waals surface area contributed by atoms with Crippen LogP contribution in [0.1, 0.15) is 28.6 Å². The van der Waals surface area contributed by atoms with Crippen molar-refractivity contribution in [2.75, 3.05) is 7.11 Å². The van der Waals surface area contributed by atoms with E-state index in [0.717, 1.165) is 11.6 Å². The molecule has 168 valence electrons. The summed E-state index contributed by atoms with van der Waals surface area (Å²) in [5.74, 6) is -0.709. The van der Waals surface area contributed by atoms with Crippen molar-refractivity contribution in [1.29, 1.82) is 5.26 Å². The monoisotopic (exact) mass is 450 g/mol. The maximum atomic E-state index is 13.1. The van der Waals surface area contributed by atoms with Gasteiger partial charge < -0.3 is 29.5 Å². The van der Waals surface area contributed by atoms with Crippen LogP contribution in [0, 0.1) is 17.1 Å². The second-order valence-electron chi connectivity index (χ2n) is 7.18. The summed E-state index contributed by atoms with van der Waals surface area (Å²) in [6.07, 6.45) is 0. The Kier molecular flexibility index (Phi) is 6.02. The zero-order valence-corrected chi connectivity index (χ0v) is 17.5. The van der Waals surface area contributed by atoms with Crippen LogP contribution in [0.2, 0.25) is 0 Å². The van der Waals surface area contributed by atoms with Gasteiger partial charge >= 0.3 is 0 Å². The molecule has 1 unspecified atom stereocenters. The normalized spacial score (nSPS) is 14.8. The molecule has 2 heterocycles. The predicted octanol–water partition coefficient (Wildman–Crippen LogP) is 3.08. The molecule has 0 bridgehead atoms. The van der Waals surface area contributed by atoms with E-state index >= 15 is 0 Å². The Morgan fingerprint density at radius 1 is 1.18 bits per heavy atom. The van der Waals surface area contributed by atoms with Gasteiger partial charge in [-0.1, -0.05) is 18.2 Å². The lowest BCUT2D eigenvalue weighted by Gasteiger charge is -2.25. The minimum absolute atomic E-state index is 0.0244. The van der Waals surface area contributed by atoms with Gasteiger partial charge in [-0.3, -0.25) is 4.79 Å². The average molecular weight is 450 g/mol. The van der Waals surface area contributed by atoms with E-state index in [-0.39, 0.29) is 41.2 Å². The topological polar surface area (TPSA) is 128 Å². The van der Waals surface area contributed by atoms with Crippen LogP contribution in [-0.4, -0.2) is 12.2 Å². The van der Waals surface area contributed by atoms with Crippen LogP contribution in [0.15, 0.2) is 69.2 Å². The number of hydrogen-bond donors (Lipinski definition) is 2. The van der Waals surface area contributed by atoms with Crippen molar-refractivity contribution in [2.24, 2.45) is 5.73 Å². The Labute approximate surface area is 187 Å². The number of aliphatic hydroxyl groups excluding tert-OH is 1. The predicted molar refractivity (Wildman–Crippen MR) is 114 cm³/mol. The number of allylic oxidation sites excluding steroid dienone is 1. The highest BCUT2D eigenvalue weighted by atomic mass is 19.1. The summed E-state index contributed by atoms with van der Waals surface area (Å²) >= 11 is 0. The van der Waals surface area contributed by atoms with E-state index < -0.39 is 18.0 Å². The molecule has 0 fully saturated rings. The van der Waals surface area contributed by atoms with Gasteiger partial charge in [0.05, 0.1) is 13.0 Å². The zero-order chi connectivity index (χ0) is 23.5. The van der Waals surface area contributed by atoms with Crippen LogP contribution < -0.4 is 25.4 Å². The van der Waals surface area contributed by atoms with Crippen molar-refractivity contribution < 1.29 is 28.1 Å². The molecule has 0 saturated heterocycles. The Morgan fingerprint density at radius 2 is 1.94 bits per heavy atom. The van der Waals surface area contributed by atoms with Gasteiger partial charge in [0.1, 0.15) is 36.4 Å². The van der Waals surface area contributed by atoms with Gasteiger partial charge in [0.15, 0.2) is 17.3 Å². The minimum atomic E-state index is -0.863. The summed E-state index contributed by atoms with van der Waals surface area (Å²) in [5, 5.41) is 19.2. The van der Waals surface area contributed by atoms with Crippen molar-refractivity contribution >= 4 is 0 Å². The molecule has 1 aliphatic rings. The molecule has 4 rings (SSSR count). The molecule has 0 amide bonds. The number of nitrogens with zero attached hydrogens (tertiary/aromatic N) is 1. The lowest BCUT2D eigenvalue weighted by molar-refractivity contribution is 0.231. The maximum absolute atomic E-state index is 13.1. The first kappa shape index (κ1) is 21.9. The van der Waals surface area contributed by atoms with Crippen molar-refractivity contribution in [3.05, 3.63) is 98.7 Å².